The smallest absolute Gasteiger partial charge is 0.407 e. The minimum atomic E-state index is -1.02. The molecule has 1 fully saturated rings. The number of aromatic nitrogens is 2. The summed E-state index contributed by atoms with van der Waals surface area (Å²) < 4.78 is 2.84. The van der Waals surface area contributed by atoms with Crippen LogP contribution in [0.1, 0.15) is 30.9 Å². The van der Waals surface area contributed by atoms with Crippen molar-refractivity contribution in [2.75, 3.05) is 13.6 Å². The number of imidazole rings is 1. The third-order valence-electron chi connectivity index (χ3n) is 4.75. The molecule has 0 bridgehead atoms. The van der Waals surface area contributed by atoms with E-state index in [1.54, 1.807) is 25.2 Å². The van der Waals surface area contributed by atoms with Gasteiger partial charge in [-0.1, -0.05) is 17.9 Å². The van der Waals surface area contributed by atoms with Crippen molar-refractivity contribution in [3.05, 3.63) is 34.2 Å². The molecule has 1 aliphatic heterocycles. The highest BCUT2D eigenvalue weighted by atomic mass is 16.4. The van der Waals surface area contributed by atoms with E-state index in [2.05, 4.69) is 17.2 Å². The number of fused-ring (bicyclic) bond motifs is 1. The molecule has 0 radical (unpaired) electrons. The average molecular weight is 384 g/mol. The topological polar surface area (TPSA) is 114 Å². The molecule has 28 heavy (non-hydrogen) atoms. The lowest BCUT2D eigenvalue weighted by atomic mass is 10.1. The van der Waals surface area contributed by atoms with Crippen molar-refractivity contribution >= 4 is 28.9 Å². The van der Waals surface area contributed by atoms with Crippen LogP contribution in [0.25, 0.3) is 11.0 Å². The molecule has 1 aromatic heterocycles. The number of imide groups is 1. The van der Waals surface area contributed by atoms with Crippen LogP contribution in [0.15, 0.2) is 23.0 Å². The molecule has 1 atom stereocenters. The summed E-state index contributed by atoms with van der Waals surface area (Å²) in [5, 5.41) is 11.1. The zero-order valence-electron chi connectivity index (χ0n) is 15.6. The molecule has 146 valence electrons. The SMILES string of the molecule is CN(CCC#Cc1cccc2c1n(C)c(=O)n2C1CCC(=O)NC1=O)C(=O)O. The van der Waals surface area contributed by atoms with E-state index in [1.165, 1.54) is 16.2 Å². The lowest BCUT2D eigenvalue weighted by molar-refractivity contribution is -0.135. The normalized spacial score (nSPS) is 16.4. The van der Waals surface area contributed by atoms with Gasteiger partial charge >= 0.3 is 11.8 Å². The first-order valence-electron chi connectivity index (χ1n) is 8.78. The van der Waals surface area contributed by atoms with E-state index in [1.807, 2.05) is 0 Å². The molecule has 9 nitrogen and oxygen atoms in total. The van der Waals surface area contributed by atoms with E-state index in [0.717, 1.165) is 4.90 Å². The van der Waals surface area contributed by atoms with Crippen molar-refractivity contribution in [1.29, 1.82) is 0 Å². The van der Waals surface area contributed by atoms with Gasteiger partial charge in [0.05, 0.1) is 16.6 Å². The van der Waals surface area contributed by atoms with Crippen molar-refractivity contribution < 1.29 is 19.5 Å². The Morgan fingerprint density at radius 1 is 1.36 bits per heavy atom. The van der Waals surface area contributed by atoms with Gasteiger partial charge in [0.15, 0.2) is 0 Å². The Morgan fingerprint density at radius 3 is 2.79 bits per heavy atom. The monoisotopic (exact) mass is 384 g/mol. The maximum absolute atomic E-state index is 12.8. The summed E-state index contributed by atoms with van der Waals surface area (Å²) in [4.78, 5) is 48.4. The van der Waals surface area contributed by atoms with Crippen LogP contribution in [0.2, 0.25) is 0 Å². The number of nitrogens with zero attached hydrogens (tertiary/aromatic N) is 3. The fraction of sp³-hybridized carbons (Fsp3) is 0.368. The predicted molar refractivity (Wildman–Crippen MR) is 101 cm³/mol. The van der Waals surface area contributed by atoms with Crippen LogP contribution in [0, 0.1) is 11.8 Å². The van der Waals surface area contributed by atoms with E-state index >= 15 is 0 Å². The highest BCUT2D eigenvalue weighted by molar-refractivity contribution is 6.00. The number of hydrogen-bond acceptors (Lipinski definition) is 4. The van der Waals surface area contributed by atoms with E-state index < -0.39 is 18.0 Å². The van der Waals surface area contributed by atoms with E-state index in [-0.39, 0.29) is 31.0 Å². The van der Waals surface area contributed by atoms with Crippen molar-refractivity contribution in [3.8, 4) is 11.8 Å². The summed E-state index contributed by atoms with van der Waals surface area (Å²) in [6.07, 6.45) is -0.231. The minimum Gasteiger partial charge on any atom is -0.465 e. The van der Waals surface area contributed by atoms with Gasteiger partial charge in [-0.3, -0.25) is 24.0 Å². The number of aryl methyl sites for hydroxylation is 1. The summed E-state index contributed by atoms with van der Waals surface area (Å²) in [5.41, 5.74) is 1.42. The van der Waals surface area contributed by atoms with Crippen molar-refractivity contribution in [2.45, 2.75) is 25.3 Å². The number of carboxylic acid groups (broad SMARTS) is 1. The predicted octanol–water partition coefficient (Wildman–Crippen LogP) is 0.669. The molecule has 1 unspecified atom stereocenters. The average Bonchev–Trinajstić information content (AvgIpc) is 2.90. The molecule has 1 aliphatic rings. The zero-order chi connectivity index (χ0) is 20.4. The lowest BCUT2D eigenvalue weighted by Gasteiger charge is -2.21. The van der Waals surface area contributed by atoms with Crippen LogP contribution in [0.5, 0.6) is 0 Å². The Labute approximate surface area is 160 Å². The molecule has 0 spiro atoms. The standard InChI is InChI=1S/C19H20N4O5/c1-21(19(27)28)11-4-3-6-12-7-5-8-13-16(12)22(2)18(26)23(13)14-9-10-15(24)20-17(14)25/h5,7-8,14H,4,9-11H2,1-2H3,(H,27,28)(H,20,24,25). The zero-order valence-corrected chi connectivity index (χ0v) is 15.6. The third kappa shape index (κ3) is 3.49. The van der Waals surface area contributed by atoms with Gasteiger partial charge in [0.2, 0.25) is 11.8 Å². The van der Waals surface area contributed by atoms with Gasteiger partial charge in [-0.25, -0.2) is 9.59 Å². The number of carbonyl (C=O) groups is 3. The number of benzene rings is 1. The summed E-state index contributed by atoms with van der Waals surface area (Å²) in [7, 11) is 3.07. The number of piperidine rings is 1. The molecule has 0 saturated carbocycles. The number of rotatable bonds is 3. The van der Waals surface area contributed by atoms with Crippen molar-refractivity contribution in [2.24, 2.45) is 7.05 Å². The fourth-order valence-electron chi connectivity index (χ4n) is 3.25. The molecule has 1 aromatic carbocycles. The molecular weight excluding hydrogens is 364 g/mol. The van der Waals surface area contributed by atoms with Crippen LogP contribution in [-0.2, 0) is 16.6 Å². The molecule has 1 saturated heterocycles. The Bertz CT molecular complexity index is 1090. The summed E-state index contributed by atoms with van der Waals surface area (Å²) >= 11 is 0. The van der Waals surface area contributed by atoms with Crippen LogP contribution in [0.4, 0.5) is 4.79 Å². The van der Waals surface area contributed by atoms with Crippen molar-refractivity contribution in [1.82, 2.24) is 19.4 Å². The Kier molecular flexibility index (Phi) is 5.22. The molecule has 3 amide bonds. The largest absolute Gasteiger partial charge is 0.465 e. The van der Waals surface area contributed by atoms with Gasteiger partial charge in [0, 0.05) is 33.5 Å². The molecule has 0 aliphatic carbocycles. The van der Waals surface area contributed by atoms with E-state index in [4.69, 9.17) is 5.11 Å². The second kappa shape index (κ2) is 7.60. The number of para-hydroxylation sites is 1. The highest BCUT2D eigenvalue weighted by Gasteiger charge is 2.31. The van der Waals surface area contributed by atoms with Crippen LogP contribution < -0.4 is 11.0 Å². The Balaban J connectivity index is 1.98. The van der Waals surface area contributed by atoms with E-state index in [0.29, 0.717) is 23.0 Å². The summed E-state index contributed by atoms with van der Waals surface area (Å²) in [6.45, 7) is 0.272. The molecular formula is C19H20N4O5. The van der Waals surface area contributed by atoms with Gasteiger partial charge in [-0.05, 0) is 18.6 Å². The van der Waals surface area contributed by atoms with Gasteiger partial charge in [0.25, 0.3) is 0 Å². The number of nitrogens with one attached hydrogen (secondary N) is 1. The van der Waals surface area contributed by atoms with E-state index in [9.17, 15) is 19.2 Å². The highest BCUT2D eigenvalue weighted by Crippen LogP contribution is 2.24. The van der Waals surface area contributed by atoms with Crippen LogP contribution in [0.3, 0.4) is 0 Å². The Hall–Kier alpha value is -3.54. The first-order valence-corrected chi connectivity index (χ1v) is 8.78. The van der Waals surface area contributed by atoms with Gasteiger partial charge in [-0.15, -0.1) is 0 Å². The molecule has 9 heteroatoms. The number of carbonyl (C=O) groups excluding carboxylic acids is 2. The summed E-state index contributed by atoms with van der Waals surface area (Å²) in [5.74, 6) is 5.09. The second-order valence-electron chi connectivity index (χ2n) is 6.61. The van der Waals surface area contributed by atoms with Crippen LogP contribution in [-0.4, -0.2) is 50.6 Å². The van der Waals surface area contributed by atoms with Gasteiger partial charge < -0.3 is 10.0 Å². The quantitative estimate of drug-likeness (QED) is 0.596. The van der Waals surface area contributed by atoms with Crippen LogP contribution >= 0.6 is 0 Å². The molecule has 2 N–H and O–H groups in total. The second-order valence-corrected chi connectivity index (χ2v) is 6.61. The van der Waals surface area contributed by atoms with Gasteiger partial charge in [0.1, 0.15) is 6.04 Å². The van der Waals surface area contributed by atoms with Gasteiger partial charge in [-0.2, -0.15) is 0 Å². The Morgan fingerprint density at radius 2 is 2.11 bits per heavy atom. The first kappa shape index (κ1) is 19.2. The van der Waals surface area contributed by atoms with Crippen molar-refractivity contribution in [3.63, 3.8) is 0 Å². The molecule has 2 heterocycles. The lowest BCUT2D eigenvalue weighted by Crippen LogP contribution is -2.44. The summed E-state index contributed by atoms with van der Waals surface area (Å²) in [6, 6.07) is 4.51. The molecule has 3 rings (SSSR count). The maximum atomic E-state index is 12.8. The maximum Gasteiger partial charge on any atom is 0.407 e. The number of hydrogen-bond donors (Lipinski definition) is 2. The fourth-order valence-corrected chi connectivity index (χ4v) is 3.25. The minimum absolute atomic E-state index is 0.176. The third-order valence-corrected chi connectivity index (χ3v) is 4.75. The first-order chi connectivity index (χ1) is 13.3. The molecule has 2 aromatic rings. The number of amides is 3.